The van der Waals surface area contributed by atoms with Gasteiger partial charge in [-0.25, -0.2) is 13.1 Å². The standard InChI is InChI=1S/C10H14Br2N2O2S2/c11-8-5-7(9(12)17-8)18(15,16)14-10(6-13)3-1-2-4-10/h5,14H,1-4,6,13H2. The lowest BCUT2D eigenvalue weighted by molar-refractivity contribution is 0.399. The van der Waals surface area contributed by atoms with Crippen molar-refractivity contribution in [2.24, 2.45) is 5.73 Å². The SMILES string of the molecule is NCC1(NS(=O)(=O)c2cc(Br)sc2Br)CCCC1. The van der Waals surface area contributed by atoms with Gasteiger partial charge in [-0.15, -0.1) is 11.3 Å². The topological polar surface area (TPSA) is 72.2 Å². The highest BCUT2D eigenvalue weighted by molar-refractivity contribution is 9.12. The Morgan fingerprint density at radius 1 is 1.39 bits per heavy atom. The molecule has 1 aliphatic rings. The summed E-state index contributed by atoms with van der Waals surface area (Å²) in [4.78, 5) is 0.277. The van der Waals surface area contributed by atoms with Gasteiger partial charge in [-0.05, 0) is 50.8 Å². The third kappa shape index (κ3) is 2.99. The second-order valence-electron chi connectivity index (χ2n) is 4.49. The first-order valence-corrected chi connectivity index (χ1v) is 9.46. The van der Waals surface area contributed by atoms with Gasteiger partial charge >= 0.3 is 0 Å². The van der Waals surface area contributed by atoms with Gasteiger partial charge in [0.2, 0.25) is 10.0 Å². The predicted molar refractivity (Wildman–Crippen MR) is 80.3 cm³/mol. The Bertz CT molecular complexity index is 536. The van der Waals surface area contributed by atoms with Crippen LogP contribution in [0, 0.1) is 0 Å². The first-order valence-electron chi connectivity index (χ1n) is 5.57. The fraction of sp³-hybridized carbons (Fsp3) is 0.600. The van der Waals surface area contributed by atoms with Gasteiger partial charge in [0.25, 0.3) is 0 Å². The number of sulfonamides is 1. The Kier molecular flexibility index (Phi) is 4.56. The summed E-state index contributed by atoms with van der Waals surface area (Å²) in [5.41, 5.74) is 5.29. The van der Waals surface area contributed by atoms with Gasteiger partial charge in [-0.2, -0.15) is 0 Å². The minimum absolute atomic E-state index is 0.277. The van der Waals surface area contributed by atoms with Crippen LogP contribution in [-0.2, 0) is 10.0 Å². The molecule has 0 atom stereocenters. The number of hydrogen-bond donors (Lipinski definition) is 2. The van der Waals surface area contributed by atoms with Crippen LogP contribution in [0.25, 0.3) is 0 Å². The highest BCUT2D eigenvalue weighted by atomic mass is 79.9. The third-order valence-corrected chi connectivity index (χ3v) is 7.55. The number of halogens is 2. The number of thiophene rings is 1. The molecule has 1 aromatic rings. The van der Waals surface area contributed by atoms with Crippen LogP contribution in [-0.4, -0.2) is 20.5 Å². The molecular formula is C10H14Br2N2O2S2. The highest BCUT2D eigenvalue weighted by Crippen LogP contribution is 2.37. The third-order valence-electron chi connectivity index (χ3n) is 3.22. The minimum atomic E-state index is -3.52. The van der Waals surface area contributed by atoms with Crippen molar-refractivity contribution in [2.45, 2.75) is 36.1 Å². The summed E-state index contributed by atoms with van der Waals surface area (Å²) in [5, 5.41) is 0. The monoisotopic (exact) mass is 416 g/mol. The van der Waals surface area contributed by atoms with E-state index in [4.69, 9.17) is 5.73 Å². The van der Waals surface area contributed by atoms with Crippen molar-refractivity contribution in [1.29, 1.82) is 0 Å². The molecule has 3 N–H and O–H groups in total. The molecule has 0 radical (unpaired) electrons. The van der Waals surface area contributed by atoms with Gasteiger partial charge in [0.15, 0.2) is 0 Å². The normalized spacial score (nSPS) is 19.3. The lowest BCUT2D eigenvalue weighted by Crippen LogP contribution is -2.51. The smallest absolute Gasteiger partial charge is 0.243 e. The first kappa shape index (κ1) is 14.9. The van der Waals surface area contributed by atoms with Crippen LogP contribution in [0.2, 0.25) is 0 Å². The van der Waals surface area contributed by atoms with E-state index in [9.17, 15) is 8.42 Å². The summed E-state index contributed by atoms with van der Waals surface area (Å²) in [6.07, 6.45) is 3.67. The lowest BCUT2D eigenvalue weighted by atomic mass is 10.0. The molecule has 0 bridgehead atoms. The Hall–Kier alpha value is 0.530. The predicted octanol–water partition coefficient (Wildman–Crippen LogP) is 2.82. The molecule has 1 aliphatic carbocycles. The number of hydrogen-bond acceptors (Lipinski definition) is 4. The van der Waals surface area contributed by atoms with Crippen LogP contribution in [0.15, 0.2) is 18.5 Å². The van der Waals surface area contributed by atoms with E-state index >= 15 is 0 Å². The maximum atomic E-state index is 12.4. The Morgan fingerprint density at radius 2 is 2.00 bits per heavy atom. The van der Waals surface area contributed by atoms with E-state index in [-0.39, 0.29) is 4.90 Å². The molecule has 0 saturated heterocycles. The number of rotatable bonds is 4. The molecule has 1 saturated carbocycles. The Morgan fingerprint density at radius 3 is 2.44 bits per heavy atom. The van der Waals surface area contributed by atoms with Gasteiger partial charge in [0.1, 0.15) is 4.90 Å². The number of nitrogens with one attached hydrogen (secondary N) is 1. The zero-order chi connectivity index (χ0) is 13.4. The molecule has 0 unspecified atom stereocenters. The molecule has 0 aromatic carbocycles. The lowest BCUT2D eigenvalue weighted by Gasteiger charge is -2.28. The summed E-state index contributed by atoms with van der Waals surface area (Å²) in [6, 6.07) is 1.61. The summed E-state index contributed by atoms with van der Waals surface area (Å²) in [7, 11) is -3.52. The van der Waals surface area contributed by atoms with Gasteiger partial charge in [0, 0.05) is 12.1 Å². The molecule has 1 fully saturated rings. The van der Waals surface area contributed by atoms with Crippen molar-refractivity contribution in [2.75, 3.05) is 6.54 Å². The molecule has 1 aromatic heterocycles. The van der Waals surface area contributed by atoms with Crippen molar-refractivity contribution in [1.82, 2.24) is 4.72 Å². The van der Waals surface area contributed by atoms with Gasteiger partial charge in [-0.1, -0.05) is 12.8 Å². The molecule has 0 spiro atoms. The molecule has 102 valence electrons. The molecule has 2 rings (SSSR count). The average Bonchev–Trinajstić information content (AvgIpc) is 2.86. The number of nitrogens with two attached hydrogens (primary N) is 1. The summed E-state index contributed by atoms with van der Waals surface area (Å²) >= 11 is 7.91. The molecule has 4 nitrogen and oxygen atoms in total. The van der Waals surface area contributed by atoms with Crippen LogP contribution in [0.1, 0.15) is 25.7 Å². The van der Waals surface area contributed by atoms with E-state index in [2.05, 4.69) is 36.6 Å². The van der Waals surface area contributed by atoms with Crippen LogP contribution < -0.4 is 10.5 Å². The first-order chi connectivity index (χ1) is 8.38. The van der Waals surface area contributed by atoms with E-state index in [1.165, 1.54) is 11.3 Å². The van der Waals surface area contributed by atoms with Crippen LogP contribution in [0.5, 0.6) is 0 Å². The average molecular weight is 418 g/mol. The van der Waals surface area contributed by atoms with E-state index < -0.39 is 15.6 Å². The molecule has 0 aliphatic heterocycles. The second-order valence-corrected chi connectivity index (χ2v) is 9.89. The van der Waals surface area contributed by atoms with Gasteiger partial charge in [-0.3, -0.25) is 0 Å². The van der Waals surface area contributed by atoms with E-state index in [1.807, 2.05) is 0 Å². The van der Waals surface area contributed by atoms with E-state index in [0.29, 0.717) is 10.3 Å². The quantitative estimate of drug-likeness (QED) is 0.790. The fourth-order valence-electron chi connectivity index (χ4n) is 2.25. The van der Waals surface area contributed by atoms with E-state index in [1.54, 1.807) is 6.07 Å². The maximum absolute atomic E-state index is 12.4. The van der Waals surface area contributed by atoms with Gasteiger partial charge < -0.3 is 5.73 Å². The zero-order valence-corrected chi connectivity index (χ0v) is 14.4. The minimum Gasteiger partial charge on any atom is -0.329 e. The molecule has 8 heteroatoms. The molecular weight excluding hydrogens is 404 g/mol. The van der Waals surface area contributed by atoms with Crippen molar-refractivity contribution >= 4 is 53.2 Å². The summed E-state index contributed by atoms with van der Waals surface area (Å²) < 4.78 is 28.9. The van der Waals surface area contributed by atoms with Crippen molar-refractivity contribution in [3.05, 3.63) is 13.6 Å². The molecule has 1 heterocycles. The zero-order valence-electron chi connectivity index (χ0n) is 9.58. The van der Waals surface area contributed by atoms with Crippen molar-refractivity contribution < 1.29 is 8.42 Å². The molecule has 0 amide bonds. The van der Waals surface area contributed by atoms with Crippen molar-refractivity contribution in [3.63, 3.8) is 0 Å². The largest absolute Gasteiger partial charge is 0.329 e. The van der Waals surface area contributed by atoms with Crippen LogP contribution >= 0.6 is 43.2 Å². The van der Waals surface area contributed by atoms with Crippen molar-refractivity contribution in [3.8, 4) is 0 Å². The maximum Gasteiger partial charge on any atom is 0.243 e. The Balaban J connectivity index is 2.29. The van der Waals surface area contributed by atoms with Gasteiger partial charge in [0.05, 0.1) is 7.57 Å². The van der Waals surface area contributed by atoms with E-state index in [0.717, 1.165) is 29.5 Å². The highest BCUT2D eigenvalue weighted by Gasteiger charge is 2.37. The van der Waals surface area contributed by atoms with Crippen LogP contribution in [0.4, 0.5) is 0 Å². The fourth-order valence-corrected chi connectivity index (χ4v) is 7.53. The van der Waals surface area contributed by atoms with Crippen LogP contribution in [0.3, 0.4) is 0 Å². The summed E-state index contributed by atoms with van der Waals surface area (Å²) in [6.45, 7) is 0.342. The Labute approximate surface area is 128 Å². The second kappa shape index (κ2) is 5.49. The molecule has 18 heavy (non-hydrogen) atoms. The summed E-state index contributed by atoms with van der Waals surface area (Å²) in [5.74, 6) is 0.